The van der Waals surface area contributed by atoms with Crippen LogP contribution in [0.3, 0.4) is 0 Å². The number of piperidine rings is 1. The van der Waals surface area contributed by atoms with E-state index in [1.54, 1.807) is 0 Å². The Morgan fingerprint density at radius 1 is 1.58 bits per heavy atom. The maximum atomic E-state index is 5.17. The van der Waals surface area contributed by atoms with Crippen LogP contribution in [0.4, 0.5) is 0 Å². The fraction of sp³-hybridized carbons (Fsp3) is 1.00. The highest BCUT2D eigenvalue weighted by Crippen LogP contribution is 2.12. The lowest BCUT2D eigenvalue weighted by Gasteiger charge is -2.32. The summed E-state index contributed by atoms with van der Waals surface area (Å²) in [7, 11) is 0. The van der Waals surface area contributed by atoms with Crippen molar-refractivity contribution >= 4 is 0 Å². The van der Waals surface area contributed by atoms with Gasteiger partial charge in [-0.15, -0.1) is 0 Å². The fourth-order valence-electron chi connectivity index (χ4n) is 1.81. The maximum absolute atomic E-state index is 5.17. The zero-order chi connectivity index (χ0) is 8.97. The Kier molecular flexibility index (Phi) is 3.98. The van der Waals surface area contributed by atoms with Crippen molar-refractivity contribution in [2.45, 2.75) is 32.8 Å². The van der Waals surface area contributed by atoms with Crippen molar-refractivity contribution in [3.05, 3.63) is 0 Å². The van der Waals surface area contributed by atoms with Crippen molar-refractivity contribution in [2.75, 3.05) is 19.6 Å². The van der Waals surface area contributed by atoms with Gasteiger partial charge in [0, 0.05) is 13.1 Å². The van der Waals surface area contributed by atoms with Crippen LogP contribution >= 0.6 is 0 Å². The molecule has 1 unspecified atom stereocenters. The molecule has 1 fully saturated rings. The zero-order valence-electron chi connectivity index (χ0n) is 8.12. The minimum absolute atomic E-state index is 0.262. The Morgan fingerprint density at radius 3 is 2.92 bits per heavy atom. The fourth-order valence-corrected chi connectivity index (χ4v) is 1.81. The van der Waals surface area contributed by atoms with Gasteiger partial charge in [0.05, 0.1) is 6.10 Å². The first-order valence-electron chi connectivity index (χ1n) is 4.80. The van der Waals surface area contributed by atoms with E-state index in [-0.39, 0.29) is 6.10 Å². The van der Waals surface area contributed by atoms with E-state index in [2.05, 4.69) is 18.7 Å². The minimum atomic E-state index is 0.262. The van der Waals surface area contributed by atoms with Crippen LogP contribution in [0.25, 0.3) is 0 Å². The van der Waals surface area contributed by atoms with Gasteiger partial charge in [0.1, 0.15) is 0 Å². The number of hydrogen-bond acceptors (Lipinski definition) is 3. The summed E-state index contributed by atoms with van der Waals surface area (Å²) < 4.78 is 0. The van der Waals surface area contributed by atoms with E-state index in [9.17, 15) is 0 Å². The average Bonchev–Trinajstić information content (AvgIpc) is 2.03. The van der Waals surface area contributed by atoms with Crippen molar-refractivity contribution in [3.63, 3.8) is 0 Å². The van der Waals surface area contributed by atoms with Gasteiger partial charge < -0.3 is 4.90 Å². The summed E-state index contributed by atoms with van der Waals surface area (Å²) in [4.78, 5) is 7.30. The minimum Gasteiger partial charge on any atom is -0.300 e. The van der Waals surface area contributed by atoms with E-state index < -0.39 is 0 Å². The first-order chi connectivity index (χ1) is 5.72. The third-order valence-corrected chi connectivity index (χ3v) is 2.28. The standard InChI is InChI=1S/C9H20N2O/c1-8(2)6-11-5-3-4-9(7-11)12-10/h8-9H,3-7,10H2,1-2H3. The van der Waals surface area contributed by atoms with Gasteiger partial charge in [-0.05, 0) is 25.3 Å². The molecule has 12 heavy (non-hydrogen) atoms. The third kappa shape index (κ3) is 3.09. The highest BCUT2D eigenvalue weighted by molar-refractivity contribution is 4.73. The number of hydrogen-bond donors (Lipinski definition) is 1. The molecular formula is C9H20N2O. The molecule has 3 nitrogen and oxygen atoms in total. The van der Waals surface area contributed by atoms with Crippen LogP contribution < -0.4 is 5.90 Å². The van der Waals surface area contributed by atoms with E-state index in [1.165, 1.54) is 19.5 Å². The van der Waals surface area contributed by atoms with E-state index in [4.69, 9.17) is 10.7 Å². The molecule has 0 aromatic heterocycles. The van der Waals surface area contributed by atoms with Gasteiger partial charge in [-0.25, -0.2) is 5.90 Å². The molecule has 1 aliphatic rings. The van der Waals surface area contributed by atoms with Crippen LogP contribution in [0.2, 0.25) is 0 Å². The topological polar surface area (TPSA) is 38.5 Å². The summed E-state index contributed by atoms with van der Waals surface area (Å²) in [5, 5.41) is 0. The first-order valence-corrected chi connectivity index (χ1v) is 4.80. The Hall–Kier alpha value is -0.120. The Balaban J connectivity index is 2.25. The molecule has 0 aromatic carbocycles. The molecule has 1 heterocycles. The molecule has 0 spiro atoms. The summed E-state index contributed by atoms with van der Waals surface area (Å²) in [6.07, 6.45) is 2.59. The summed E-state index contributed by atoms with van der Waals surface area (Å²) in [6.45, 7) is 7.87. The van der Waals surface area contributed by atoms with Gasteiger partial charge in [0.15, 0.2) is 0 Å². The maximum Gasteiger partial charge on any atom is 0.0914 e. The molecular weight excluding hydrogens is 152 g/mol. The molecule has 2 N–H and O–H groups in total. The molecule has 0 aliphatic carbocycles. The van der Waals surface area contributed by atoms with Crippen LogP contribution in [0.15, 0.2) is 0 Å². The molecule has 1 atom stereocenters. The summed E-state index contributed by atoms with van der Waals surface area (Å²) in [5.74, 6) is 5.91. The molecule has 0 amide bonds. The second-order valence-electron chi connectivity index (χ2n) is 4.05. The van der Waals surface area contributed by atoms with Crippen LogP contribution in [0.1, 0.15) is 26.7 Å². The summed E-state index contributed by atoms with van der Waals surface area (Å²) in [6, 6.07) is 0. The van der Waals surface area contributed by atoms with Gasteiger partial charge in [0.25, 0.3) is 0 Å². The van der Waals surface area contributed by atoms with Crippen molar-refractivity contribution in [3.8, 4) is 0 Å². The molecule has 1 aliphatic heterocycles. The van der Waals surface area contributed by atoms with Gasteiger partial charge in [-0.2, -0.15) is 0 Å². The molecule has 72 valence electrons. The number of rotatable bonds is 3. The van der Waals surface area contributed by atoms with Crippen LogP contribution in [-0.2, 0) is 4.84 Å². The van der Waals surface area contributed by atoms with Crippen molar-refractivity contribution in [1.29, 1.82) is 0 Å². The predicted octanol–water partition coefficient (Wildman–Crippen LogP) is 0.997. The first kappa shape index (κ1) is 9.96. The monoisotopic (exact) mass is 172 g/mol. The van der Waals surface area contributed by atoms with Crippen molar-refractivity contribution in [1.82, 2.24) is 4.90 Å². The second-order valence-corrected chi connectivity index (χ2v) is 4.05. The molecule has 0 aromatic rings. The van der Waals surface area contributed by atoms with Crippen molar-refractivity contribution in [2.24, 2.45) is 11.8 Å². The lowest BCUT2D eigenvalue weighted by atomic mass is 10.1. The van der Waals surface area contributed by atoms with Crippen LogP contribution in [0.5, 0.6) is 0 Å². The molecule has 0 bridgehead atoms. The molecule has 0 radical (unpaired) electrons. The van der Waals surface area contributed by atoms with Gasteiger partial charge in [-0.3, -0.25) is 4.84 Å². The SMILES string of the molecule is CC(C)CN1CCCC(ON)C1. The normalized spacial score (nSPS) is 26.5. The third-order valence-electron chi connectivity index (χ3n) is 2.28. The van der Waals surface area contributed by atoms with Crippen LogP contribution in [0, 0.1) is 5.92 Å². The Labute approximate surface area is 74.8 Å². The lowest BCUT2D eigenvalue weighted by Crippen LogP contribution is -2.42. The van der Waals surface area contributed by atoms with E-state index >= 15 is 0 Å². The number of nitrogens with zero attached hydrogens (tertiary/aromatic N) is 1. The summed E-state index contributed by atoms with van der Waals surface area (Å²) in [5.41, 5.74) is 0. The predicted molar refractivity (Wildman–Crippen MR) is 49.6 cm³/mol. The quantitative estimate of drug-likeness (QED) is 0.645. The van der Waals surface area contributed by atoms with E-state index in [0.29, 0.717) is 0 Å². The Morgan fingerprint density at radius 2 is 2.33 bits per heavy atom. The van der Waals surface area contributed by atoms with Gasteiger partial charge in [-0.1, -0.05) is 13.8 Å². The Bertz CT molecular complexity index is 128. The van der Waals surface area contributed by atoms with Gasteiger partial charge in [0.2, 0.25) is 0 Å². The van der Waals surface area contributed by atoms with Crippen LogP contribution in [-0.4, -0.2) is 30.6 Å². The van der Waals surface area contributed by atoms with Gasteiger partial charge >= 0.3 is 0 Å². The van der Waals surface area contributed by atoms with E-state index in [0.717, 1.165) is 18.9 Å². The smallest absolute Gasteiger partial charge is 0.0914 e. The largest absolute Gasteiger partial charge is 0.300 e. The highest BCUT2D eigenvalue weighted by Gasteiger charge is 2.19. The molecule has 0 saturated carbocycles. The molecule has 1 rings (SSSR count). The van der Waals surface area contributed by atoms with E-state index in [1.807, 2.05) is 0 Å². The van der Waals surface area contributed by atoms with Crippen molar-refractivity contribution < 1.29 is 4.84 Å². The highest BCUT2D eigenvalue weighted by atomic mass is 16.6. The molecule has 3 heteroatoms. The summed E-state index contributed by atoms with van der Waals surface area (Å²) >= 11 is 0. The number of nitrogens with two attached hydrogens (primary N) is 1. The average molecular weight is 172 g/mol. The molecule has 1 saturated heterocycles. The lowest BCUT2D eigenvalue weighted by molar-refractivity contribution is -0.00412. The number of likely N-dealkylation sites (tertiary alicyclic amines) is 1. The zero-order valence-corrected chi connectivity index (χ0v) is 8.12. The second kappa shape index (κ2) is 4.80.